The van der Waals surface area contributed by atoms with E-state index in [1.807, 2.05) is 19.1 Å². The monoisotopic (exact) mass is 367 g/mol. The third-order valence-corrected chi connectivity index (χ3v) is 4.69. The lowest BCUT2D eigenvalue weighted by Crippen LogP contribution is -2.18. The van der Waals surface area contributed by atoms with E-state index in [-0.39, 0.29) is 5.91 Å². The van der Waals surface area contributed by atoms with Crippen molar-refractivity contribution in [2.75, 3.05) is 35.2 Å². The van der Waals surface area contributed by atoms with E-state index in [1.165, 1.54) is 18.5 Å². The SMILES string of the molecule is Cc1cc(C(=O)Nc2ccc(N3CCCC3)cc2)nc(NCCC(C)C)n1. The van der Waals surface area contributed by atoms with Gasteiger partial charge < -0.3 is 15.5 Å². The van der Waals surface area contributed by atoms with Crippen LogP contribution in [0.4, 0.5) is 17.3 Å². The van der Waals surface area contributed by atoms with Gasteiger partial charge in [-0.15, -0.1) is 0 Å². The van der Waals surface area contributed by atoms with E-state index in [4.69, 9.17) is 0 Å². The molecule has 1 aromatic carbocycles. The summed E-state index contributed by atoms with van der Waals surface area (Å²) in [6.07, 6.45) is 3.53. The molecule has 27 heavy (non-hydrogen) atoms. The van der Waals surface area contributed by atoms with Crippen LogP contribution in [0.1, 0.15) is 49.3 Å². The van der Waals surface area contributed by atoms with E-state index >= 15 is 0 Å². The van der Waals surface area contributed by atoms with Gasteiger partial charge in [-0.25, -0.2) is 9.97 Å². The van der Waals surface area contributed by atoms with Crippen LogP contribution in [0, 0.1) is 12.8 Å². The normalized spacial score (nSPS) is 13.9. The first-order chi connectivity index (χ1) is 13.0. The standard InChI is InChI=1S/C21H29N5O/c1-15(2)10-11-22-21-23-16(3)14-19(25-21)20(27)24-17-6-8-18(9-7-17)26-12-4-5-13-26/h6-9,14-15H,4-5,10-13H2,1-3H3,(H,24,27)(H,22,23,25). The van der Waals surface area contributed by atoms with Crippen LogP contribution in [-0.2, 0) is 0 Å². The number of benzene rings is 1. The lowest BCUT2D eigenvalue weighted by molar-refractivity contribution is 0.102. The Morgan fingerprint density at radius 2 is 1.85 bits per heavy atom. The lowest BCUT2D eigenvalue weighted by Gasteiger charge is -2.17. The molecule has 3 rings (SSSR count). The molecule has 2 aromatic rings. The molecule has 0 unspecified atom stereocenters. The molecule has 0 spiro atoms. The van der Waals surface area contributed by atoms with Gasteiger partial charge in [-0.05, 0) is 62.4 Å². The molecule has 2 N–H and O–H groups in total. The summed E-state index contributed by atoms with van der Waals surface area (Å²) in [5, 5.41) is 6.14. The first-order valence-electron chi connectivity index (χ1n) is 9.77. The molecule has 1 aliphatic rings. The van der Waals surface area contributed by atoms with E-state index in [2.05, 4.69) is 51.5 Å². The molecule has 0 bridgehead atoms. The van der Waals surface area contributed by atoms with E-state index in [1.54, 1.807) is 6.07 Å². The summed E-state index contributed by atoms with van der Waals surface area (Å²) >= 11 is 0. The van der Waals surface area contributed by atoms with Crippen molar-refractivity contribution in [2.24, 2.45) is 5.92 Å². The molecule has 0 aliphatic carbocycles. The summed E-state index contributed by atoms with van der Waals surface area (Å²) in [4.78, 5) is 23.7. The molecule has 0 saturated carbocycles. The van der Waals surface area contributed by atoms with Gasteiger partial charge in [0.25, 0.3) is 5.91 Å². The van der Waals surface area contributed by atoms with E-state index < -0.39 is 0 Å². The summed E-state index contributed by atoms with van der Waals surface area (Å²) in [7, 11) is 0. The van der Waals surface area contributed by atoms with Crippen molar-refractivity contribution in [1.29, 1.82) is 0 Å². The van der Waals surface area contributed by atoms with Crippen molar-refractivity contribution >= 4 is 23.2 Å². The highest BCUT2D eigenvalue weighted by molar-refractivity contribution is 6.03. The Labute approximate surface area is 161 Å². The van der Waals surface area contributed by atoms with Crippen LogP contribution >= 0.6 is 0 Å². The van der Waals surface area contributed by atoms with Crippen LogP contribution in [0.15, 0.2) is 30.3 Å². The second-order valence-corrected chi connectivity index (χ2v) is 7.52. The molecule has 6 heteroatoms. The van der Waals surface area contributed by atoms with E-state index in [9.17, 15) is 4.79 Å². The summed E-state index contributed by atoms with van der Waals surface area (Å²) < 4.78 is 0. The number of carbonyl (C=O) groups excluding carboxylic acids is 1. The molecular formula is C21H29N5O. The van der Waals surface area contributed by atoms with Crippen molar-refractivity contribution in [2.45, 2.75) is 40.0 Å². The number of amides is 1. The highest BCUT2D eigenvalue weighted by Crippen LogP contribution is 2.22. The number of hydrogen-bond donors (Lipinski definition) is 2. The number of nitrogens with one attached hydrogen (secondary N) is 2. The third-order valence-electron chi connectivity index (χ3n) is 4.69. The van der Waals surface area contributed by atoms with E-state index in [0.29, 0.717) is 17.6 Å². The van der Waals surface area contributed by atoms with Crippen molar-refractivity contribution < 1.29 is 4.79 Å². The first kappa shape index (κ1) is 19.1. The minimum atomic E-state index is -0.221. The van der Waals surface area contributed by atoms with Crippen molar-refractivity contribution in [3.63, 3.8) is 0 Å². The Morgan fingerprint density at radius 3 is 2.52 bits per heavy atom. The third kappa shape index (κ3) is 5.42. The quantitative estimate of drug-likeness (QED) is 0.771. The average Bonchev–Trinajstić information content (AvgIpc) is 3.16. The van der Waals surface area contributed by atoms with Crippen LogP contribution < -0.4 is 15.5 Å². The van der Waals surface area contributed by atoms with Crippen molar-refractivity contribution in [3.8, 4) is 0 Å². The number of hydrogen-bond acceptors (Lipinski definition) is 5. The fourth-order valence-corrected chi connectivity index (χ4v) is 3.16. The molecule has 0 radical (unpaired) electrons. The molecule has 1 amide bonds. The van der Waals surface area contributed by atoms with Crippen LogP contribution in [0.2, 0.25) is 0 Å². The van der Waals surface area contributed by atoms with E-state index in [0.717, 1.165) is 37.4 Å². The molecule has 0 atom stereocenters. The van der Waals surface area contributed by atoms with Crippen molar-refractivity contribution in [3.05, 3.63) is 41.7 Å². The summed E-state index contributed by atoms with van der Waals surface area (Å²) in [5.74, 6) is 0.889. The summed E-state index contributed by atoms with van der Waals surface area (Å²) in [6.45, 7) is 9.23. The number of rotatable bonds is 7. The number of aromatic nitrogens is 2. The van der Waals surface area contributed by atoms with Gasteiger partial charge in [-0.2, -0.15) is 0 Å². The van der Waals surface area contributed by atoms with Gasteiger partial charge in [0, 0.05) is 36.7 Å². The highest BCUT2D eigenvalue weighted by Gasteiger charge is 2.14. The Balaban J connectivity index is 1.63. The maximum absolute atomic E-state index is 12.6. The zero-order valence-electron chi connectivity index (χ0n) is 16.5. The topological polar surface area (TPSA) is 70.2 Å². The van der Waals surface area contributed by atoms with Gasteiger partial charge in [0.1, 0.15) is 5.69 Å². The van der Waals surface area contributed by atoms with Crippen LogP contribution in [0.25, 0.3) is 0 Å². The molecule has 6 nitrogen and oxygen atoms in total. The maximum Gasteiger partial charge on any atom is 0.274 e. The van der Waals surface area contributed by atoms with Gasteiger partial charge in [0.05, 0.1) is 0 Å². The first-order valence-corrected chi connectivity index (χ1v) is 9.77. The molecule has 144 valence electrons. The molecule has 1 aliphatic heterocycles. The Kier molecular flexibility index (Phi) is 6.27. The molecule has 2 heterocycles. The Bertz CT molecular complexity index is 767. The maximum atomic E-state index is 12.6. The predicted molar refractivity (Wildman–Crippen MR) is 111 cm³/mol. The van der Waals surface area contributed by atoms with Crippen LogP contribution in [0.5, 0.6) is 0 Å². The summed E-state index contributed by atoms with van der Waals surface area (Å²) in [5.41, 5.74) is 3.12. The molecule has 1 saturated heterocycles. The van der Waals surface area contributed by atoms with Gasteiger partial charge in [-0.1, -0.05) is 13.8 Å². The van der Waals surface area contributed by atoms with Gasteiger partial charge in [0.2, 0.25) is 5.95 Å². The summed E-state index contributed by atoms with van der Waals surface area (Å²) in [6, 6.07) is 9.72. The number of aryl methyl sites for hydroxylation is 1. The minimum Gasteiger partial charge on any atom is -0.372 e. The van der Waals surface area contributed by atoms with Gasteiger partial charge >= 0.3 is 0 Å². The number of carbonyl (C=O) groups is 1. The number of nitrogens with zero attached hydrogens (tertiary/aromatic N) is 3. The largest absolute Gasteiger partial charge is 0.372 e. The van der Waals surface area contributed by atoms with Crippen molar-refractivity contribution in [1.82, 2.24) is 9.97 Å². The molecular weight excluding hydrogens is 338 g/mol. The Hall–Kier alpha value is -2.63. The molecule has 1 aromatic heterocycles. The second kappa shape index (κ2) is 8.84. The zero-order chi connectivity index (χ0) is 19.2. The predicted octanol–water partition coefficient (Wildman–Crippen LogP) is 4.10. The second-order valence-electron chi connectivity index (χ2n) is 7.52. The molecule has 1 fully saturated rings. The van der Waals surface area contributed by atoms with Gasteiger partial charge in [0.15, 0.2) is 0 Å². The number of anilines is 3. The van der Waals surface area contributed by atoms with Gasteiger partial charge in [-0.3, -0.25) is 4.79 Å². The van der Waals surface area contributed by atoms with Crippen LogP contribution in [-0.4, -0.2) is 35.5 Å². The fraction of sp³-hybridized carbons (Fsp3) is 0.476. The minimum absolute atomic E-state index is 0.221. The smallest absolute Gasteiger partial charge is 0.274 e. The zero-order valence-corrected chi connectivity index (χ0v) is 16.5. The average molecular weight is 367 g/mol. The fourth-order valence-electron chi connectivity index (χ4n) is 3.16. The highest BCUT2D eigenvalue weighted by atomic mass is 16.1. The van der Waals surface area contributed by atoms with Crippen LogP contribution in [0.3, 0.4) is 0 Å². The lowest BCUT2D eigenvalue weighted by atomic mass is 10.1. The Morgan fingerprint density at radius 1 is 1.15 bits per heavy atom.